The maximum Gasteiger partial charge on any atom is 0.410 e. The van der Waals surface area contributed by atoms with Gasteiger partial charge in [-0.1, -0.05) is 18.2 Å². The van der Waals surface area contributed by atoms with Crippen molar-refractivity contribution in [3.05, 3.63) is 71.9 Å². The molecule has 226 valence electrons. The van der Waals surface area contributed by atoms with Crippen LogP contribution < -0.4 is 9.64 Å². The van der Waals surface area contributed by atoms with Gasteiger partial charge in [-0.2, -0.15) is 8.78 Å². The molecule has 1 atom stereocenters. The van der Waals surface area contributed by atoms with Crippen LogP contribution in [0.2, 0.25) is 0 Å². The highest BCUT2D eigenvalue weighted by atomic mass is 19.3. The third-order valence-corrected chi connectivity index (χ3v) is 7.48. The summed E-state index contributed by atoms with van der Waals surface area (Å²) in [5, 5.41) is 0. The Balaban J connectivity index is 1.26. The van der Waals surface area contributed by atoms with E-state index in [1.807, 2.05) is 37.5 Å². The number of hydrogen-bond donors (Lipinski definition) is 0. The molecule has 0 N–H and O–H groups in total. The molecule has 2 aromatic heterocycles. The van der Waals surface area contributed by atoms with Crippen LogP contribution in [-0.2, 0) is 16.1 Å². The normalized spacial score (nSPS) is 17.3. The Hall–Kier alpha value is -4.32. The fourth-order valence-electron chi connectivity index (χ4n) is 5.54. The van der Waals surface area contributed by atoms with E-state index in [2.05, 4.69) is 14.9 Å². The van der Waals surface area contributed by atoms with Crippen molar-refractivity contribution in [2.75, 3.05) is 37.7 Å². The summed E-state index contributed by atoms with van der Waals surface area (Å²) in [5.41, 5.74) is 1.97. The number of hydrogen-bond acceptors (Lipinski definition) is 7. The number of fused-ring (bicyclic) bond motifs is 3. The molecule has 2 aromatic carbocycles. The summed E-state index contributed by atoms with van der Waals surface area (Å²) in [6.45, 7) is 5.16. The third kappa shape index (κ3) is 5.96. The maximum absolute atomic E-state index is 15.4. The predicted octanol–water partition coefficient (Wildman–Crippen LogP) is 6.02. The van der Waals surface area contributed by atoms with Crippen LogP contribution in [0, 0.1) is 5.82 Å². The van der Waals surface area contributed by atoms with E-state index in [0.717, 1.165) is 5.82 Å². The molecular weight excluding hydrogens is 563 g/mol. The second-order valence-corrected chi connectivity index (χ2v) is 11.5. The monoisotopic (exact) mass is 595 g/mol. The zero-order valence-electron chi connectivity index (χ0n) is 24.1. The molecule has 2 aliphatic rings. The molecule has 4 aromatic rings. The fraction of sp³-hybridized carbons (Fsp3) is 0.387. The van der Waals surface area contributed by atoms with Gasteiger partial charge < -0.3 is 28.6 Å². The number of rotatable bonds is 5. The standard InChI is InChI=1S/C31H32F3N5O4/c1-31(2,3)43-30(40)38-12-10-37(11-13-38)27-9-8-19(16-35-27)21-14-24-23(15-22(21)32)36-28-18-41-17-25(39(24)28)20-6-4-5-7-26(20)42-29(33)34/h4-9,14-16,25,29H,10-13,17-18H2,1-3H3. The molecule has 6 rings (SSSR count). The molecule has 0 bridgehead atoms. The number of para-hydroxylation sites is 1. The van der Waals surface area contributed by atoms with Gasteiger partial charge in [0, 0.05) is 55.1 Å². The van der Waals surface area contributed by atoms with E-state index in [0.29, 0.717) is 59.7 Å². The Morgan fingerprint density at radius 1 is 1.07 bits per heavy atom. The average Bonchev–Trinajstić information content (AvgIpc) is 3.33. The molecule has 0 radical (unpaired) electrons. The van der Waals surface area contributed by atoms with E-state index in [1.54, 1.807) is 35.4 Å². The number of aromatic nitrogens is 3. The van der Waals surface area contributed by atoms with E-state index in [4.69, 9.17) is 14.2 Å². The van der Waals surface area contributed by atoms with Gasteiger partial charge in [-0.05, 0) is 45.0 Å². The first-order chi connectivity index (χ1) is 20.6. The Morgan fingerprint density at radius 2 is 1.84 bits per heavy atom. The van der Waals surface area contributed by atoms with Crippen LogP contribution in [0.15, 0.2) is 54.7 Å². The molecule has 43 heavy (non-hydrogen) atoms. The molecule has 0 aliphatic carbocycles. The number of ether oxygens (including phenoxy) is 3. The van der Waals surface area contributed by atoms with Crippen LogP contribution in [0.1, 0.15) is 38.2 Å². The summed E-state index contributed by atoms with van der Waals surface area (Å²) >= 11 is 0. The Kier molecular flexibility index (Phi) is 7.63. The number of halogens is 3. The highest BCUT2D eigenvalue weighted by Gasteiger charge is 2.30. The molecule has 1 fully saturated rings. The minimum Gasteiger partial charge on any atom is -0.444 e. The van der Waals surface area contributed by atoms with Gasteiger partial charge in [0.15, 0.2) is 0 Å². The molecule has 1 amide bonds. The van der Waals surface area contributed by atoms with E-state index in [9.17, 15) is 13.6 Å². The van der Waals surface area contributed by atoms with Crippen LogP contribution in [0.4, 0.5) is 23.8 Å². The van der Waals surface area contributed by atoms with Gasteiger partial charge in [0.25, 0.3) is 0 Å². The van der Waals surface area contributed by atoms with E-state index in [1.165, 1.54) is 12.1 Å². The third-order valence-electron chi connectivity index (χ3n) is 7.48. The Morgan fingerprint density at radius 3 is 2.53 bits per heavy atom. The van der Waals surface area contributed by atoms with Crippen molar-refractivity contribution in [3.8, 4) is 16.9 Å². The molecule has 0 saturated carbocycles. The number of nitrogens with zero attached hydrogens (tertiary/aromatic N) is 5. The number of alkyl halides is 2. The number of benzene rings is 2. The SMILES string of the molecule is CC(C)(C)OC(=O)N1CCN(c2ccc(-c3cc4c(cc3F)nc3n4C(c4ccccc4OC(F)F)COC3)cn2)CC1. The number of piperazine rings is 1. The van der Waals surface area contributed by atoms with Gasteiger partial charge >= 0.3 is 12.7 Å². The summed E-state index contributed by atoms with van der Waals surface area (Å²) in [6.07, 6.45) is 1.29. The smallest absolute Gasteiger partial charge is 0.410 e. The van der Waals surface area contributed by atoms with Crippen molar-refractivity contribution in [2.45, 2.75) is 45.6 Å². The van der Waals surface area contributed by atoms with Crippen molar-refractivity contribution in [2.24, 2.45) is 0 Å². The van der Waals surface area contributed by atoms with Crippen molar-refractivity contribution in [1.29, 1.82) is 0 Å². The van der Waals surface area contributed by atoms with Crippen molar-refractivity contribution >= 4 is 22.9 Å². The summed E-state index contributed by atoms with van der Waals surface area (Å²) in [7, 11) is 0. The van der Waals surface area contributed by atoms with Gasteiger partial charge in [-0.15, -0.1) is 0 Å². The van der Waals surface area contributed by atoms with Crippen LogP contribution in [-0.4, -0.2) is 70.5 Å². The van der Waals surface area contributed by atoms with Gasteiger partial charge in [0.05, 0.1) is 23.7 Å². The molecule has 1 saturated heterocycles. The first kappa shape index (κ1) is 28.8. The predicted molar refractivity (Wildman–Crippen MR) is 154 cm³/mol. The number of carbonyl (C=O) groups excluding carboxylic acids is 1. The lowest BCUT2D eigenvalue weighted by molar-refractivity contribution is -0.0512. The number of amides is 1. The molecule has 12 heteroatoms. The van der Waals surface area contributed by atoms with Gasteiger partial charge in [0.1, 0.15) is 35.4 Å². The fourth-order valence-corrected chi connectivity index (χ4v) is 5.54. The van der Waals surface area contributed by atoms with Crippen LogP contribution >= 0.6 is 0 Å². The number of pyridine rings is 1. The minimum atomic E-state index is -2.98. The first-order valence-electron chi connectivity index (χ1n) is 14.1. The number of anilines is 1. The summed E-state index contributed by atoms with van der Waals surface area (Å²) in [5.74, 6) is 0.884. The van der Waals surface area contributed by atoms with Gasteiger partial charge in [-0.3, -0.25) is 0 Å². The molecule has 9 nitrogen and oxygen atoms in total. The lowest BCUT2D eigenvalue weighted by Crippen LogP contribution is -2.50. The highest BCUT2D eigenvalue weighted by molar-refractivity contribution is 5.83. The van der Waals surface area contributed by atoms with Crippen molar-refractivity contribution < 1.29 is 32.2 Å². The minimum absolute atomic E-state index is 0.0508. The zero-order valence-corrected chi connectivity index (χ0v) is 24.1. The quantitative estimate of drug-likeness (QED) is 0.279. The van der Waals surface area contributed by atoms with E-state index < -0.39 is 24.1 Å². The maximum atomic E-state index is 15.4. The number of carbonyl (C=O) groups is 1. The lowest BCUT2D eigenvalue weighted by Gasteiger charge is -2.36. The molecule has 0 spiro atoms. The molecule has 4 heterocycles. The average molecular weight is 596 g/mol. The first-order valence-corrected chi connectivity index (χ1v) is 14.1. The second-order valence-electron chi connectivity index (χ2n) is 11.5. The van der Waals surface area contributed by atoms with Crippen molar-refractivity contribution in [3.63, 3.8) is 0 Å². The van der Waals surface area contributed by atoms with E-state index in [-0.39, 0.29) is 25.1 Å². The summed E-state index contributed by atoms with van der Waals surface area (Å²) in [4.78, 5) is 25.3. The summed E-state index contributed by atoms with van der Waals surface area (Å²) < 4.78 is 59.6. The van der Waals surface area contributed by atoms with Gasteiger partial charge in [-0.25, -0.2) is 19.2 Å². The van der Waals surface area contributed by atoms with Crippen molar-refractivity contribution in [1.82, 2.24) is 19.4 Å². The number of imidazole rings is 1. The lowest BCUT2D eigenvalue weighted by atomic mass is 10.0. The topological polar surface area (TPSA) is 82.0 Å². The van der Waals surface area contributed by atoms with Crippen LogP contribution in [0.3, 0.4) is 0 Å². The highest BCUT2D eigenvalue weighted by Crippen LogP contribution is 2.37. The molecule has 2 aliphatic heterocycles. The van der Waals surface area contributed by atoms with Crippen LogP contribution in [0.5, 0.6) is 5.75 Å². The largest absolute Gasteiger partial charge is 0.444 e. The Bertz CT molecular complexity index is 1630. The summed E-state index contributed by atoms with van der Waals surface area (Å²) in [6, 6.07) is 12.8. The van der Waals surface area contributed by atoms with Gasteiger partial charge in [0.2, 0.25) is 0 Å². The Labute approximate surface area is 246 Å². The van der Waals surface area contributed by atoms with E-state index >= 15 is 4.39 Å². The van der Waals surface area contributed by atoms with Crippen LogP contribution in [0.25, 0.3) is 22.2 Å². The molecule has 1 unspecified atom stereocenters. The second kappa shape index (κ2) is 11.4. The zero-order chi connectivity index (χ0) is 30.3. The molecular formula is C31H32F3N5O4.